The molecule has 0 radical (unpaired) electrons. The molecule has 0 aromatic carbocycles. The second-order valence-electron chi connectivity index (χ2n) is 2.88. The number of amides is 2. The molecule has 1 rings (SSSR count). The average Bonchev–Trinajstić information content (AvgIpc) is 2.33. The Hall–Kier alpha value is -0.770. The number of carbonyl (C=O) groups is 1. The summed E-state index contributed by atoms with van der Waals surface area (Å²) in [5, 5.41) is 0. The van der Waals surface area contributed by atoms with E-state index in [1.807, 2.05) is 6.92 Å². The lowest BCUT2D eigenvalue weighted by Gasteiger charge is -2.24. The number of carbonyl (C=O) groups excluding carboxylic acids is 1. The van der Waals surface area contributed by atoms with Crippen molar-refractivity contribution in [2.75, 3.05) is 13.7 Å². The van der Waals surface area contributed by atoms with E-state index in [2.05, 4.69) is 0 Å². The fourth-order valence-electron chi connectivity index (χ4n) is 1.39. The minimum atomic E-state index is -0.382. The van der Waals surface area contributed by atoms with E-state index >= 15 is 0 Å². The lowest BCUT2D eigenvalue weighted by Crippen LogP contribution is -2.43. The van der Waals surface area contributed by atoms with Crippen molar-refractivity contribution in [1.29, 1.82) is 0 Å². The van der Waals surface area contributed by atoms with Crippen molar-refractivity contribution in [2.24, 2.45) is 5.73 Å². The molecule has 11 heavy (non-hydrogen) atoms. The Labute approximate surface area is 66.3 Å². The van der Waals surface area contributed by atoms with Crippen molar-refractivity contribution >= 4 is 6.03 Å². The maximum Gasteiger partial charge on any atom is 0.314 e. The first-order valence-electron chi connectivity index (χ1n) is 3.77. The van der Waals surface area contributed by atoms with Crippen LogP contribution >= 0.6 is 0 Å². The number of primary amides is 1. The van der Waals surface area contributed by atoms with Crippen LogP contribution in [0.25, 0.3) is 0 Å². The first kappa shape index (κ1) is 8.33. The van der Waals surface area contributed by atoms with Crippen LogP contribution in [-0.2, 0) is 4.74 Å². The van der Waals surface area contributed by atoms with Gasteiger partial charge < -0.3 is 15.4 Å². The maximum atomic E-state index is 10.7. The van der Waals surface area contributed by atoms with Gasteiger partial charge in [-0.1, -0.05) is 0 Å². The molecule has 2 atom stereocenters. The van der Waals surface area contributed by atoms with E-state index in [0.717, 1.165) is 13.0 Å². The van der Waals surface area contributed by atoms with E-state index < -0.39 is 0 Å². The fraction of sp³-hybridized carbons (Fsp3) is 0.857. The molecule has 0 aromatic rings. The lowest BCUT2D eigenvalue weighted by atomic mass is 10.1. The number of ether oxygens (including phenoxy) is 1. The van der Waals surface area contributed by atoms with Gasteiger partial charge in [-0.15, -0.1) is 0 Å². The van der Waals surface area contributed by atoms with Crippen molar-refractivity contribution in [3.8, 4) is 0 Å². The summed E-state index contributed by atoms with van der Waals surface area (Å²) in [7, 11) is 1.71. The van der Waals surface area contributed by atoms with E-state index in [-0.39, 0.29) is 18.2 Å². The summed E-state index contributed by atoms with van der Waals surface area (Å²) in [5.74, 6) is 0. The number of hydrogen-bond donors (Lipinski definition) is 1. The van der Waals surface area contributed by atoms with Gasteiger partial charge in [0.2, 0.25) is 0 Å². The van der Waals surface area contributed by atoms with Crippen molar-refractivity contribution in [1.82, 2.24) is 4.90 Å². The van der Waals surface area contributed by atoms with Crippen LogP contribution in [0.3, 0.4) is 0 Å². The van der Waals surface area contributed by atoms with Crippen LogP contribution in [0.15, 0.2) is 0 Å². The number of nitrogens with zero attached hydrogens (tertiary/aromatic N) is 1. The normalized spacial score (nSPS) is 30.4. The van der Waals surface area contributed by atoms with Gasteiger partial charge in [0.1, 0.15) is 0 Å². The Morgan fingerprint density at radius 3 is 2.73 bits per heavy atom. The largest absolute Gasteiger partial charge is 0.376 e. The summed E-state index contributed by atoms with van der Waals surface area (Å²) in [6.45, 7) is 2.68. The highest BCUT2D eigenvalue weighted by atomic mass is 16.5. The van der Waals surface area contributed by atoms with Gasteiger partial charge in [0.05, 0.1) is 12.1 Å². The topological polar surface area (TPSA) is 55.6 Å². The van der Waals surface area contributed by atoms with Crippen molar-refractivity contribution < 1.29 is 9.53 Å². The standard InChI is InChI=1S/C7H14N2O2/c1-5-6(3-4-11-5)9(2)7(8)10/h5-6H,3-4H2,1-2H3,(H2,8,10). The van der Waals surface area contributed by atoms with Gasteiger partial charge >= 0.3 is 6.03 Å². The van der Waals surface area contributed by atoms with Crippen LogP contribution < -0.4 is 5.73 Å². The Kier molecular flexibility index (Phi) is 2.34. The lowest BCUT2D eigenvalue weighted by molar-refractivity contribution is 0.0922. The van der Waals surface area contributed by atoms with Crippen LogP contribution in [0, 0.1) is 0 Å². The van der Waals surface area contributed by atoms with Gasteiger partial charge in [-0.05, 0) is 13.3 Å². The highest BCUT2D eigenvalue weighted by molar-refractivity contribution is 5.72. The molecule has 2 unspecified atom stereocenters. The number of urea groups is 1. The molecule has 1 saturated heterocycles. The molecule has 1 fully saturated rings. The van der Waals surface area contributed by atoms with Gasteiger partial charge in [-0.2, -0.15) is 0 Å². The van der Waals surface area contributed by atoms with Crippen LogP contribution in [0.2, 0.25) is 0 Å². The third-order valence-electron chi connectivity index (χ3n) is 2.18. The molecule has 2 amide bonds. The van der Waals surface area contributed by atoms with Crippen molar-refractivity contribution in [2.45, 2.75) is 25.5 Å². The zero-order chi connectivity index (χ0) is 8.43. The predicted molar refractivity (Wildman–Crippen MR) is 41.2 cm³/mol. The average molecular weight is 158 g/mol. The first-order chi connectivity index (χ1) is 5.13. The van der Waals surface area contributed by atoms with E-state index in [9.17, 15) is 4.79 Å². The molecule has 4 heteroatoms. The van der Waals surface area contributed by atoms with Crippen molar-refractivity contribution in [3.05, 3.63) is 0 Å². The van der Waals surface area contributed by atoms with E-state index in [1.165, 1.54) is 4.90 Å². The predicted octanol–water partition coefficient (Wildman–Crippen LogP) is 0.174. The number of hydrogen-bond acceptors (Lipinski definition) is 2. The van der Waals surface area contributed by atoms with E-state index in [0.29, 0.717) is 0 Å². The molecular weight excluding hydrogens is 144 g/mol. The third kappa shape index (κ3) is 1.63. The second-order valence-corrected chi connectivity index (χ2v) is 2.88. The number of rotatable bonds is 1. The zero-order valence-corrected chi connectivity index (χ0v) is 6.91. The van der Waals surface area contributed by atoms with E-state index in [4.69, 9.17) is 10.5 Å². The quantitative estimate of drug-likeness (QED) is 0.591. The van der Waals surface area contributed by atoms with Crippen molar-refractivity contribution in [3.63, 3.8) is 0 Å². The highest BCUT2D eigenvalue weighted by Gasteiger charge is 2.29. The molecule has 0 saturated carbocycles. The molecule has 1 heterocycles. The summed E-state index contributed by atoms with van der Waals surface area (Å²) in [5.41, 5.74) is 5.11. The van der Waals surface area contributed by atoms with E-state index in [1.54, 1.807) is 7.05 Å². The van der Waals surface area contributed by atoms with Crippen LogP contribution in [0.4, 0.5) is 4.79 Å². The minimum absolute atomic E-state index is 0.118. The second kappa shape index (κ2) is 3.09. The van der Waals surface area contributed by atoms with Gasteiger partial charge in [0, 0.05) is 13.7 Å². The molecule has 0 bridgehead atoms. The molecule has 64 valence electrons. The van der Waals surface area contributed by atoms with Gasteiger partial charge in [0.15, 0.2) is 0 Å². The summed E-state index contributed by atoms with van der Waals surface area (Å²) >= 11 is 0. The zero-order valence-electron chi connectivity index (χ0n) is 6.91. The van der Waals surface area contributed by atoms with Gasteiger partial charge in [-0.3, -0.25) is 0 Å². The molecular formula is C7H14N2O2. The molecule has 0 aliphatic carbocycles. The summed E-state index contributed by atoms with van der Waals surface area (Å²) < 4.78 is 5.29. The number of nitrogens with two attached hydrogens (primary N) is 1. The molecule has 1 aliphatic heterocycles. The van der Waals surface area contributed by atoms with Crippen LogP contribution in [0.1, 0.15) is 13.3 Å². The Balaban J connectivity index is 2.52. The summed E-state index contributed by atoms with van der Waals surface area (Å²) in [6, 6.07) is -0.222. The molecule has 0 spiro atoms. The maximum absolute atomic E-state index is 10.7. The number of likely N-dealkylation sites (N-methyl/N-ethyl adjacent to an activating group) is 1. The summed E-state index contributed by atoms with van der Waals surface area (Å²) in [6.07, 6.45) is 1.01. The Morgan fingerprint density at radius 1 is 1.73 bits per heavy atom. The van der Waals surface area contributed by atoms with Crippen LogP contribution in [0.5, 0.6) is 0 Å². The fourth-order valence-corrected chi connectivity index (χ4v) is 1.39. The first-order valence-corrected chi connectivity index (χ1v) is 3.77. The molecule has 4 nitrogen and oxygen atoms in total. The van der Waals surface area contributed by atoms with Gasteiger partial charge in [-0.25, -0.2) is 4.79 Å². The minimum Gasteiger partial charge on any atom is -0.376 e. The smallest absolute Gasteiger partial charge is 0.314 e. The highest BCUT2D eigenvalue weighted by Crippen LogP contribution is 2.17. The summed E-state index contributed by atoms with van der Waals surface area (Å²) in [4.78, 5) is 12.3. The SMILES string of the molecule is CC1OCCC1N(C)C(N)=O. The molecule has 0 aromatic heterocycles. The monoisotopic (exact) mass is 158 g/mol. The van der Waals surface area contributed by atoms with Gasteiger partial charge in [0.25, 0.3) is 0 Å². The Bertz CT molecular complexity index is 161. The molecule has 2 N–H and O–H groups in total. The third-order valence-corrected chi connectivity index (χ3v) is 2.18. The Morgan fingerprint density at radius 2 is 2.36 bits per heavy atom. The molecule has 1 aliphatic rings. The van der Waals surface area contributed by atoms with Crippen LogP contribution in [-0.4, -0.2) is 36.7 Å².